The van der Waals surface area contributed by atoms with Crippen molar-refractivity contribution in [3.63, 3.8) is 0 Å². The zero-order valence-electron chi connectivity index (χ0n) is 10.8. The lowest BCUT2D eigenvalue weighted by Gasteiger charge is -2.09. The molecule has 7 heteroatoms. The minimum Gasteiger partial charge on any atom is -0.453 e. The van der Waals surface area contributed by atoms with Gasteiger partial charge in [-0.25, -0.2) is 8.78 Å². The highest BCUT2D eigenvalue weighted by molar-refractivity contribution is 5.49. The number of nitrogens with zero attached hydrogens (tertiary/aromatic N) is 2. The second kappa shape index (κ2) is 5.54. The second-order valence-corrected chi connectivity index (χ2v) is 4.15. The van der Waals surface area contributed by atoms with Crippen molar-refractivity contribution < 1.29 is 18.4 Å². The van der Waals surface area contributed by atoms with Gasteiger partial charge < -0.3 is 4.74 Å². The fourth-order valence-electron chi connectivity index (χ4n) is 1.74. The first-order valence-corrected chi connectivity index (χ1v) is 5.75. The molecule has 0 spiro atoms. The van der Waals surface area contributed by atoms with Gasteiger partial charge in [0, 0.05) is 5.56 Å². The Morgan fingerprint density at radius 1 is 1.24 bits per heavy atom. The highest BCUT2D eigenvalue weighted by Gasteiger charge is 2.18. The molecule has 0 heterocycles. The van der Waals surface area contributed by atoms with Crippen LogP contribution in [0.4, 0.5) is 14.5 Å². The Bertz CT molecular complexity index is 770. The Labute approximate surface area is 118 Å². The Morgan fingerprint density at radius 2 is 1.95 bits per heavy atom. The number of nitro benzene ring substituents is 1. The first-order valence-electron chi connectivity index (χ1n) is 5.75. The standard InChI is InChI=1S/C14H8F2N2O3/c1-8-5-14(11(16)6-12(8)18(19)20)21-13-4-2-3-10(15)9(13)7-17/h2-6H,1H3. The molecule has 0 aromatic heterocycles. The molecule has 0 aliphatic rings. The van der Waals surface area contributed by atoms with E-state index in [1.54, 1.807) is 6.07 Å². The van der Waals surface area contributed by atoms with E-state index >= 15 is 0 Å². The van der Waals surface area contributed by atoms with Gasteiger partial charge in [0.15, 0.2) is 11.6 Å². The molecule has 0 unspecified atom stereocenters. The summed E-state index contributed by atoms with van der Waals surface area (Å²) in [5, 5.41) is 19.6. The van der Waals surface area contributed by atoms with Gasteiger partial charge in [-0.15, -0.1) is 0 Å². The molecule has 5 nitrogen and oxygen atoms in total. The summed E-state index contributed by atoms with van der Waals surface area (Å²) in [6.07, 6.45) is 0. The third-order valence-corrected chi connectivity index (χ3v) is 2.75. The van der Waals surface area contributed by atoms with Crippen molar-refractivity contribution in [2.45, 2.75) is 6.92 Å². The predicted octanol–water partition coefficient (Wildman–Crippen LogP) is 3.85. The summed E-state index contributed by atoms with van der Waals surface area (Å²) in [6, 6.07) is 7.14. The van der Waals surface area contributed by atoms with Gasteiger partial charge in [-0.2, -0.15) is 5.26 Å². The van der Waals surface area contributed by atoms with E-state index in [1.807, 2.05) is 0 Å². The van der Waals surface area contributed by atoms with E-state index in [4.69, 9.17) is 10.00 Å². The largest absolute Gasteiger partial charge is 0.453 e. The molecule has 106 valence electrons. The molecule has 0 atom stereocenters. The molecule has 0 aliphatic heterocycles. The van der Waals surface area contributed by atoms with Crippen LogP contribution in [-0.2, 0) is 0 Å². The average molecular weight is 290 g/mol. The van der Waals surface area contributed by atoms with Crippen LogP contribution in [0.5, 0.6) is 11.5 Å². The van der Waals surface area contributed by atoms with Crippen molar-refractivity contribution in [3.05, 3.63) is 63.2 Å². The topological polar surface area (TPSA) is 76.2 Å². The van der Waals surface area contributed by atoms with E-state index in [0.717, 1.165) is 18.2 Å². The zero-order chi connectivity index (χ0) is 15.6. The van der Waals surface area contributed by atoms with Crippen LogP contribution in [0.2, 0.25) is 0 Å². The molecular formula is C14H8F2N2O3. The van der Waals surface area contributed by atoms with Crippen LogP contribution >= 0.6 is 0 Å². The van der Waals surface area contributed by atoms with Crippen LogP contribution in [0, 0.1) is 40.0 Å². The molecule has 21 heavy (non-hydrogen) atoms. The molecule has 0 amide bonds. The van der Waals surface area contributed by atoms with Gasteiger partial charge in [-0.1, -0.05) is 6.07 Å². The maximum absolute atomic E-state index is 13.8. The summed E-state index contributed by atoms with van der Waals surface area (Å²) in [7, 11) is 0. The minimum absolute atomic E-state index is 0.162. The van der Waals surface area contributed by atoms with Crippen LogP contribution in [0.3, 0.4) is 0 Å². The Kier molecular flexibility index (Phi) is 3.80. The lowest BCUT2D eigenvalue weighted by Crippen LogP contribution is -1.97. The molecular weight excluding hydrogens is 282 g/mol. The van der Waals surface area contributed by atoms with Gasteiger partial charge in [0.1, 0.15) is 23.2 Å². The maximum atomic E-state index is 13.8. The summed E-state index contributed by atoms with van der Waals surface area (Å²) in [5.74, 6) is -2.25. The van der Waals surface area contributed by atoms with Crippen molar-refractivity contribution in [2.24, 2.45) is 0 Å². The second-order valence-electron chi connectivity index (χ2n) is 4.15. The molecule has 0 aliphatic carbocycles. The number of halogens is 2. The third kappa shape index (κ3) is 2.79. The SMILES string of the molecule is Cc1cc(Oc2cccc(F)c2C#N)c(F)cc1[N+](=O)[O-]. The van der Waals surface area contributed by atoms with E-state index in [1.165, 1.54) is 19.1 Å². The number of rotatable bonds is 3. The normalized spacial score (nSPS) is 10.0. The van der Waals surface area contributed by atoms with Crippen molar-refractivity contribution in [1.29, 1.82) is 5.26 Å². The van der Waals surface area contributed by atoms with Crippen LogP contribution in [0.25, 0.3) is 0 Å². The highest BCUT2D eigenvalue weighted by atomic mass is 19.1. The van der Waals surface area contributed by atoms with Crippen molar-refractivity contribution >= 4 is 5.69 Å². The Hall–Kier alpha value is -3.01. The smallest absolute Gasteiger partial charge is 0.275 e. The number of aryl methyl sites for hydroxylation is 1. The highest BCUT2D eigenvalue weighted by Crippen LogP contribution is 2.32. The summed E-state index contributed by atoms with van der Waals surface area (Å²) < 4.78 is 32.4. The molecule has 0 saturated carbocycles. The predicted molar refractivity (Wildman–Crippen MR) is 69.0 cm³/mol. The van der Waals surface area contributed by atoms with Gasteiger partial charge in [-0.05, 0) is 25.1 Å². The fraction of sp³-hybridized carbons (Fsp3) is 0.0714. The number of hydrogen-bond acceptors (Lipinski definition) is 4. The maximum Gasteiger partial charge on any atom is 0.275 e. The van der Waals surface area contributed by atoms with Crippen LogP contribution in [-0.4, -0.2) is 4.92 Å². The minimum atomic E-state index is -0.972. The van der Waals surface area contributed by atoms with Crippen molar-refractivity contribution in [3.8, 4) is 17.6 Å². The van der Waals surface area contributed by atoms with Crippen LogP contribution < -0.4 is 4.74 Å². The fourth-order valence-corrected chi connectivity index (χ4v) is 1.74. The van der Waals surface area contributed by atoms with Gasteiger partial charge in [-0.3, -0.25) is 10.1 Å². The number of nitriles is 1. The monoisotopic (exact) mass is 290 g/mol. The molecule has 2 rings (SSSR count). The average Bonchev–Trinajstić information content (AvgIpc) is 2.42. The summed E-state index contributed by atoms with van der Waals surface area (Å²) in [6.45, 7) is 1.42. The molecule has 0 saturated heterocycles. The van der Waals surface area contributed by atoms with Gasteiger partial charge in [0.2, 0.25) is 0 Å². The first-order chi connectivity index (χ1) is 9.93. The lowest BCUT2D eigenvalue weighted by molar-refractivity contribution is -0.385. The van der Waals surface area contributed by atoms with Crippen LogP contribution in [0.1, 0.15) is 11.1 Å². The Morgan fingerprint density at radius 3 is 2.57 bits per heavy atom. The van der Waals surface area contributed by atoms with Crippen molar-refractivity contribution in [1.82, 2.24) is 0 Å². The summed E-state index contributed by atoms with van der Waals surface area (Å²) >= 11 is 0. The van der Waals surface area contributed by atoms with Gasteiger partial charge in [0.25, 0.3) is 5.69 Å². The third-order valence-electron chi connectivity index (χ3n) is 2.75. The van der Waals surface area contributed by atoms with E-state index in [9.17, 15) is 18.9 Å². The number of nitro groups is 1. The zero-order valence-corrected chi connectivity index (χ0v) is 10.8. The van der Waals surface area contributed by atoms with Crippen LogP contribution in [0.15, 0.2) is 30.3 Å². The number of ether oxygens (including phenoxy) is 1. The quantitative estimate of drug-likeness (QED) is 0.635. The lowest BCUT2D eigenvalue weighted by atomic mass is 10.1. The van der Waals surface area contributed by atoms with E-state index in [2.05, 4.69) is 0 Å². The molecule has 0 bridgehead atoms. The molecule has 2 aromatic carbocycles. The van der Waals surface area contributed by atoms with Crippen molar-refractivity contribution in [2.75, 3.05) is 0 Å². The first kappa shape index (κ1) is 14.4. The van der Waals surface area contributed by atoms with E-state index < -0.39 is 16.6 Å². The molecule has 0 fully saturated rings. The molecule has 0 N–H and O–H groups in total. The van der Waals surface area contributed by atoms with E-state index in [-0.39, 0.29) is 28.3 Å². The number of benzene rings is 2. The molecule has 0 radical (unpaired) electrons. The van der Waals surface area contributed by atoms with Gasteiger partial charge in [0.05, 0.1) is 11.0 Å². The van der Waals surface area contributed by atoms with E-state index in [0.29, 0.717) is 0 Å². The summed E-state index contributed by atoms with van der Waals surface area (Å²) in [4.78, 5) is 9.98. The Balaban J connectivity index is 2.47. The van der Waals surface area contributed by atoms with Gasteiger partial charge >= 0.3 is 0 Å². The molecule has 2 aromatic rings. The number of hydrogen-bond donors (Lipinski definition) is 0. The summed E-state index contributed by atoms with van der Waals surface area (Å²) in [5.41, 5.74) is -0.571.